The average molecular weight is 386 g/mol. The van der Waals surface area contributed by atoms with Crippen LogP contribution in [0.4, 0.5) is 0 Å². The zero-order valence-electron chi connectivity index (χ0n) is 17.3. The molecular weight excluding hydrogens is 362 g/mol. The van der Waals surface area contributed by atoms with E-state index in [-0.39, 0.29) is 0 Å². The molecule has 1 aromatic heterocycles. The van der Waals surface area contributed by atoms with Crippen molar-refractivity contribution in [3.05, 3.63) is 115 Å². The molecule has 144 valence electrons. The summed E-state index contributed by atoms with van der Waals surface area (Å²) in [7, 11) is 0. The normalized spacial score (nSPS) is 11.0. The highest BCUT2D eigenvalue weighted by atomic mass is 14.6. The molecule has 0 radical (unpaired) electrons. The van der Waals surface area contributed by atoms with Crippen molar-refractivity contribution < 1.29 is 0 Å². The van der Waals surface area contributed by atoms with Crippen molar-refractivity contribution >= 4 is 10.8 Å². The fourth-order valence-electron chi connectivity index (χ4n) is 4.19. The van der Waals surface area contributed by atoms with E-state index in [0.717, 1.165) is 0 Å². The monoisotopic (exact) mass is 385 g/mol. The third-order valence-corrected chi connectivity index (χ3v) is 5.69. The predicted octanol–water partition coefficient (Wildman–Crippen LogP) is 7.85. The Balaban J connectivity index is 1.97. The Labute approximate surface area is 177 Å². The van der Waals surface area contributed by atoms with Crippen molar-refractivity contribution in [2.24, 2.45) is 0 Å². The summed E-state index contributed by atoms with van der Waals surface area (Å²) in [6, 6.07) is 32.9. The molecule has 0 amide bonds. The Hall–Kier alpha value is -3.71. The van der Waals surface area contributed by atoms with E-state index >= 15 is 0 Å². The van der Waals surface area contributed by atoms with Crippen LogP contribution < -0.4 is 0 Å². The number of benzene rings is 4. The predicted molar refractivity (Wildman–Crippen MR) is 128 cm³/mol. The van der Waals surface area contributed by atoms with Gasteiger partial charge in [-0.1, -0.05) is 83.9 Å². The number of nitrogens with zero attached hydrogens (tertiary/aromatic N) is 1. The number of aromatic nitrogens is 1. The second-order valence-corrected chi connectivity index (χ2v) is 7.87. The summed E-state index contributed by atoms with van der Waals surface area (Å²) in [4.78, 5) is 4.26. The first-order chi connectivity index (χ1) is 14.7. The second kappa shape index (κ2) is 7.61. The quantitative estimate of drug-likeness (QED) is 0.308. The van der Waals surface area contributed by atoms with Gasteiger partial charge in [-0.05, 0) is 76.2 Å². The number of fused-ring (bicyclic) bond motifs is 1. The van der Waals surface area contributed by atoms with Crippen molar-refractivity contribution in [1.29, 1.82) is 0 Å². The molecule has 1 nitrogen and oxygen atoms in total. The second-order valence-electron chi connectivity index (χ2n) is 7.87. The molecule has 4 aromatic carbocycles. The van der Waals surface area contributed by atoms with Gasteiger partial charge in [-0.25, -0.2) is 0 Å². The Morgan fingerprint density at radius 2 is 1.20 bits per heavy atom. The van der Waals surface area contributed by atoms with Crippen LogP contribution >= 0.6 is 0 Å². The zero-order valence-corrected chi connectivity index (χ0v) is 17.3. The van der Waals surface area contributed by atoms with Gasteiger partial charge < -0.3 is 0 Å². The molecule has 0 saturated heterocycles. The summed E-state index contributed by atoms with van der Waals surface area (Å²) in [5.41, 5.74) is 9.97. The Morgan fingerprint density at radius 1 is 0.533 bits per heavy atom. The van der Waals surface area contributed by atoms with Gasteiger partial charge in [0.05, 0.1) is 0 Å². The summed E-state index contributed by atoms with van der Waals surface area (Å²) < 4.78 is 0. The van der Waals surface area contributed by atoms with E-state index in [0.29, 0.717) is 0 Å². The third-order valence-electron chi connectivity index (χ3n) is 5.69. The molecule has 0 saturated carbocycles. The van der Waals surface area contributed by atoms with Crippen LogP contribution in [0.2, 0.25) is 0 Å². The number of hydrogen-bond acceptors (Lipinski definition) is 1. The molecule has 0 aliphatic carbocycles. The first-order valence-corrected chi connectivity index (χ1v) is 10.3. The molecule has 1 heteroatoms. The summed E-state index contributed by atoms with van der Waals surface area (Å²) in [5.74, 6) is 0. The maximum atomic E-state index is 4.26. The Bertz CT molecular complexity index is 1320. The van der Waals surface area contributed by atoms with Crippen LogP contribution in [-0.4, -0.2) is 4.98 Å². The Kier molecular flexibility index (Phi) is 4.65. The van der Waals surface area contributed by atoms with E-state index in [1.165, 1.54) is 55.3 Å². The van der Waals surface area contributed by atoms with Crippen LogP contribution in [0.1, 0.15) is 11.1 Å². The highest BCUT2D eigenvalue weighted by molar-refractivity contribution is 6.10. The molecule has 30 heavy (non-hydrogen) atoms. The lowest BCUT2D eigenvalue weighted by Gasteiger charge is -2.20. The SMILES string of the molecule is Cc1ccc(-c2cc3ccc(C)cc3c(-c3ccncc3)c2-c2ccccc2)cc1. The topological polar surface area (TPSA) is 12.9 Å². The molecule has 0 bridgehead atoms. The molecule has 0 spiro atoms. The first-order valence-electron chi connectivity index (χ1n) is 10.3. The lowest BCUT2D eigenvalue weighted by Crippen LogP contribution is -1.94. The van der Waals surface area contributed by atoms with Gasteiger partial charge in [0, 0.05) is 12.4 Å². The summed E-state index contributed by atoms with van der Waals surface area (Å²) in [6.07, 6.45) is 3.76. The number of pyridine rings is 1. The minimum Gasteiger partial charge on any atom is -0.265 e. The van der Waals surface area contributed by atoms with E-state index < -0.39 is 0 Å². The van der Waals surface area contributed by atoms with Gasteiger partial charge in [-0.15, -0.1) is 0 Å². The van der Waals surface area contributed by atoms with Gasteiger partial charge in [0.15, 0.2) is 0 Å². The zero-order chi connectivity index (χ0) is 20.5. The fraction of sp³-hybridized carbons (Fsp3) is 0.0690. The molecule has 0 aliphatic rings. The van der Waals surface area contributed by atoms with Gasteiger partial charge in [0.2, 0.25) is 0 Å². The van der Waals surface area contributed by atoms with Gasteiger partial charge in [0.25, 0.3) is 0 Å². The highest BCUT2D eigenvalue weighted by Crippen LogP contribution is 2.44. The fourth-order valence-corrected chi connectivity index (χ4v) is 4.19. The van der Waals surface area contributed by atoms with Crippen molar-refractivity contribution in [3.8, 4) is 33.4 Å². The minimum atomic E-state index is 1.19. The summed E-state index contributed by atoms with van der Waals surface area (Å²) >= 11 is 0. The maximum absolute atomic E-state index is 4.26. The number of rotatable bonds is 3. The van der Waals surface area contributed by atoms with Crippen LogP contribution in [0.15, 0.2) is 103 Å². The van der Waals surface area contributed by atoms with Crippen molar-refractivity contribution in [2.45, 2.75) is 13.8 Å². The van der Waals surface area contributed by atoms with E-state index in [2.05, 4.69) is 110 Å². The molecule has 0 N–H and O–H groups in total. The first kappa shape index (κ1) is 18.3. The van der Waals surface area contributed by atoms with Crippen LogP contribution in [0, 0.1) is 13.8 Å². The average Bonchev–Trinajstić information content (AvgIpc) is 2.79. The van der Waals surface area contributed by atoms with Gasteiger partial charge in [0.1, 0.15) is 0 Å². The lowest BCUT2D eigenvalue weighted by molar-refractivity contribution is 1.33. The van der Waals surface area contributed by atoms with Crippen LogP contribution in [0.25, 0.3) is 44.2 Å². The van der Waals surface area contributed by atoms with Gasteiger partial charge in [-0.2, -0.15) is 0 Å². The standard InChI is InChI=1S/C29H23N/c1-20-8-11-22(12-9-20)27-19-25-13-10-21(2)18-26(25)29(24-14-16-30-17-15-24)28(27)23-6-4-3-5-7-23/h3-19H,1-2H3. The lowest BCUT2D eigenvalue weighted by atomic mass is 9.84. The molecule has 5 rings (SSSR count). The molecule has 0 unspecified atom stereocenters. The van der Waals surface area contributed by atoms with Crippen LogP contribution in [-0.2, 0) is 0 Å². The Morgan fingerprint density at radius 3 is 1.93 bits per heavy atom. The summed E-state index contributed by atoms with van der Waals surface area (Å²) in [5, 5.41) is 2.53. The number of aryl methyl sites for hydroxylation is 2. The van der Waals surface area contributed by atoms with Gasteiger partial charge in [-0.3, -0.25) is 4.98 Å². The largest absolute Gasteiger partial charge is 0.265 e. The van der Waals surface area contributed by atoms with Crippen molar-refractivity contribution in [2.75, 3.05) is 0 Å². The van der Waals surface area contributed by atoms with Crippen molar-refractivity contribution in [1.82, 2.24) is 4.98 Å². The minimum absolute atomic E-state index is 1.19. The molecule has 0 aliphatic heterocycles. The van der Waals surface area contributed by atoms with E-state index in [1.807, 2.05) is 12.4 Å². The van der Waals surface area contributed by atoms with E-state index in [4.69, 9.17) is 0 Å². The van der Waals surface area contributed by atoms with Crippen LogP contribution in [0.5, 0.6) is 0 Å². The van der Waals surface area contributed by atoms with E-state index in [9.17, 15) is 0 Å². The van der Waals surface area contributed by atoms with Gasteiger partial charge >= 0.3 is 0 Å². The third kappa shape index (κ3) is 3.29. The molecule has 0 fully saturated rings. The van der Waals surface area contributed by atoms with Crippen molar-refractivity contribution in [3.63, 3.8) is 0 Å². The van der Waals surface area contributed by atoms with E-state index in [1.54, 1.807) is 0 Å². The molecule has 5 aromatic rings. The molecular formula is C29H23N. The smallest absolute Gasteiger partial charge is 0.0273 e. The number of hydrogen-bond donors (Lipinski definition) is 0. The van der Waals surface area contributed by atoms with Crippen LogP contribution in [0.3, 0.4) is 0 Å². The maximum Gasteiger partial charge on any atom is 0.0273 e. The highest BCUT2D eigenvalue weighted by Gasteiger charge is 2.18. The summed E-state index contributed by atoms with van der Waals surface area (Å²) in [6.45, 7) is 4.29. The molecule has 0 atom stereocenters. The molecule has 1 heterocycles.